The fourth-order valence-electron chi connectivity index (χ4n) is 3.40. The van der Waals surface area contributed by atoms with E-state index in [1.807, 2.05) is 0 Å². The molecule has 0 radical (unpaired) electrons. The number of anilines is 1. The van der Waals surface area contributed by atoms with Gasteiger partial charge in [-0.2, -0.15) is 13.8 Å². The van der Waals surface area contributed by atoms with Crippen LogP contribution in [0.1, 0.15) is 56.3 Å². The third-order valence-electron chi connectivity index (χ3n) is 5.26. The number of carbonyl (C=O) groups excluding carboxylic acids is 3. The zero-order valence-corrected chi connectivity index (χ0v) is 19.0. The molecule has 9 nitrogen and oxygen atoms in total. The van der Waals surface area contributed by atoms with E-state index in [2.05, 4.69) is 25.3 Å². The molecule has 12 heteroatoms. The van der Waals surface area contributed by atoms with E-state index in [-0.39, 0.29) is 22.7 Å². The first kappa shape index (κ1) is 24.7. The minimum atomic E-state index is -3.32. The van der Waals surface area contributed by atoms with Crippen LogP contribution in [0.3, 0.4) is 0 Å². The zero-order valence-electron chi connectivity index (χ0n) is 19.0. The Labute approximate surface area is 192 Å². The lowest BCUT2D eigenvalue weighted by atomic mass is 10.1. The zero-order chi connectivity index (χ0) is 25.4. The highest BCUT2D eigenvalue weighted by Gasteiger charge is 2.32. The molecule has 34 heavy (non-hydrogen) atoms. The van der Waals surface area contributed by atoms with E-state index in [0.29, 0.717) is 23.9 Å². The van der Waals surface area contributed by atoms with Crippen LogP contribution in [0.5, 0.6) is 0 Å². The Bertz CT molecular complexity index is 1290. The second-order valence-electron chi connectivity index (χ2n) is 7.82. The molecule has 180 valence electrons. The fraction of sp³-hybridized carbons (Fsp3) is 0.318. The molecule has 2 heterocycles. The molecule has 0 unspecified atom stereocenters. The van der Waals surface area contributed by atoms with E-state index in [9.17, 15) is 27.6 Å². The maximum Gasteiger partial charge on any atom is 0.307 e. The number of benzene rings is 1. The van der Waals surface area contributed by atoms with Crippen molar-refractivity contribution in [2.45, 2.75) is 40.2 Å². The Balaban J connectivity index is 1.77. The van der Waals surface area contributed by atoms with E-state index in [4.69, 9.17) is 0 Å². The molecular formula is C22H22F3N5O4. The highest BCUT2D eigenvalue weighted by Crippen LogP contribution is 2.25. The molecule has 0 aliphatic heterocycles. The van der Waals surface area contributed by atoms with Gasteiger partial charge in [0.25, 0.3) is 17.6 Å². The van der Waals surface area contributed by atoms with Crippen molar-refractivity contribution in [2.75, 3.05) is 5.32 Å². The van der Waals surface area contributed by atoms with Gasteiger partial charge in [0.2, 0.25) is 11.7 Å². The molecule has 0 atom stereocenters. The standard InChI is InChI=1S/C22H22F3N5O4/c1-10-8-13(6-7-14(10)23)27-19(32)16-11(2)17(30(5)12(16)3)18(31)20(33)26-9-15-28-21(29-34-15)22(4,24)25/h6-8H,9H2,1-5H3,(H,26,33)(H,27,32). The van der Waals surface area contributed by atoms with Crippen molar-refractivity contribution >= 4 is 23.3 Å². The number of nitrogens with one attached hydrogen (secondary N) is 2. The summed E-state index contributed by atoms with van der Waals surface area (Å²) >= 11 is 0. The number of carbonyl (C=O) groups is 3. The Morgan fingerprint density at radius 1 is 1.18 bits per heavy atom. The van der Waals surface area contributed by atoms with Crippen LogP contribution in [-0.4, -0.2) is 32.3 Å². The Hall–Kier alpha value is -3.96. The Kier molecular flexibility index (Phi) is 6.62. The summed E-state index contributed by atoms with van der Waals surface area (Å²) in [6.07, 6.45) is 0. The monoisotopic (exact) mass is 477 g/mol. The molecule has 0 bridgehead atoms. The van der Waals surface area contributed by atoms with Crippen LogP contribution in [0.2, 0.25) is 0 Å². The van der Waals surface area contributed by atoms with Gasteiger partial charge < -0.3 is 19.7 Å². The number of hydrogen-bond donors (Lipinski definition) is 2. The minimum absolute atomic E-state index is 0.0262. The van der Waals surface area contributed by atoms with E-state index in [1.54, 1.807) is 13.8 Å². The average Bonchev–Trinajstić information content (AvgIpc) is 3.32. The minimum Gasteiger partial charge on any atom is -0.344 e. The lowest BCUT2D eigenvalue weighted by Gasteiger charge is -2.07. The number of rotatable bonds is 7. The van der Waals surface area contributed by atoms with Crippen molar-refractivity contribution in [1.29, 1.82) is 0 Å². The van der Waals surface area contributed by atoms with Crippen LogP contribution in [0.25, 0.3) is 0 Å². The van der Waals surface area contributed by atoms with Gasteiger partial charge in [0, 0.05) is 25.4 Å². The number of ketones is 1. The lowest BCUT2D eigenvalue weighted by molar-refractivity contribution is -0.117. The van der Waals surface area contributed by atoms with Crippen molar-refractivity contribution in [2.24, 2.45) is 7.05 Å². The second-order valence-corrected chi connectivity index (χ2v) is 7.82. The molecule has 2 N–H and O–H groups in total. The molecule has 0 fully saturated rings. The molecule has 0 aliphatic rings. The van der Waals surface area contributed by atoms with Gasteiger partial charge in [-0.1, -0.05) is 5.16 Å². The summed E-state index contributed by atoms with van der Waals surface area (Å²) in [5.41, 5.74) is 1.57. The summed E-state index contributed by atoms with van der Waals surface area (Å²) < 4.78 is 46.0. The largest absolute Gasteiger partial charge is 0.344 e. The van der Waals surface area contributed by atoms with Gasteiger partial charge in [0.05, 0.1) is 17.8 Å². The van der Waals surface area contributed by atoms with E-state index in [0.717, 1.165) is 0 Å². The number of alkyl halides is 2. The number of hydrogen-bond acceptors (Lipinski definition) is 6. The molecule has 0 spiro atoms. The van der Waals surface area contributed by atoms with Gasteiger partial charge in [-0.05, 0) is 50.1 Å². The third kappa shape index (κ3) is 4.85. The maximum atomic E-state index is 13.5. The van der Waals surface area contributed by atoms with Gasteiger partial charge in [-0.3, -0.25) is 14.4 Å². The first-order valence-corrected chi connectivity index (χ1v) is 10.1. The van der Waals surface area contributed by atoms with Crippen LogP contribution >= 0.6 is 0 Å². The summed E-state index contributed by atoms with van der Waals surface area (Å²) in [6, 6.07) is 4.10. The molecular weight excluding hydrogens is 455 g/mol. The number of aromatic nitrogens is 3. The smallest absolute Gasteiger partial charge is 0.307 e. The van der Waals surface area contributed by atoms with Crippen LogP contribution in [0.4, 0.5) is 18.9 Å². The van der Waals surface area contributed by atoms with Gasteiger partial charge in [0.15, 0.2) is 0 Å². The molecule has 3 aromatic rings. The third-order valence-corrected chi connectivity index (χ3v) is 5.26. The summed E-state index contributed by atoms with van der Waals surface area (Å²) in [5.74, 6) is -7.40. The summed E-state index contributed by atoms with van der Waals surface area (Å²) in [7, 11) is 1.52. The van der Waals surface area contributed by atoms with Gasteiger partial charge in [0.1, 0.15) is 5.82 Å². The molecule has 1 aromatic carbocycles. The Morgan fingerprint density at radius 3 is 2.44 bits per heavy atom. The average molecular weight is 477 g/mol. The number of nitrogens with zero attached hydrogens (tertiary/aromatic N) is 3. The highest BCUT2D eigenvalue weighted by molar-refractivity contribution is 6.43. The number of amides is 2. The van der Waals surface area contributed by atoms with E-state index >= 15 is 0 Å². The topological polar surface area (TPSA) is 119 Å². The van der Waals surface area contributed by atoms with Crippen molar-refractivity contribution in [3.05, 3.63) is 63.8 Å². The number of aryl methyl sites for hydroxylation is 1. The molecule has 0 saturated carbocycles. The first-order chi connectivity index (χ1) is 15.8. The van der Waals surface area contributed by atoms with Crippen molar-refractivity contribution in [1.82, 2.24) is 20.0 Å². The number of halogens is 3. The van der Waals surface area contributed by atoms with Crippen LogP contribution < -0.4 is 10.6 Å². The molecule has 0 saturated heterocycles. The van der Waals surface area contributed by atoms with Gasteiger partial charge in [-0.15, -0.1) is 0 Å². The molecule has 0 aliphatic carbocycles. The normalized spacial score (nSPS) is 11.4. The lowest BCUT2D eigenvalue weighted by Crippen LogP contribution is -2.32. The molecule has 3 rings (SSSR count). The summed E-state index contributed by atoms with van der Waals surface area (Å²) in [6.45, 7) is 4.84. The van der Waals surface area contributed by atoms with Crippen LogP contribution in [-0.2, 0) is 24.3 Å². The van der Waals surface area contributed by atoms with E-state index < -0.39 is 41.7 Å². The van der Waals surface area contributed by atoms with Gasteiger partial charge in [-0.25, -0.2) is 4.39 Å². The quantitative estimate of drug-likeness (QED) is 0.398. The molecule has 2 amide bonds. The van der Waals surface area contributed by atoms with Crippen LogP contribution in [0.15, 0.2) is 22.7 Å². The number of Topliss-reactive ketones (excluding diaryl/α,β-unsaturated/α-hetero) is 1. The molecule has 2 aromatic heterocycles. The SMILES string of the molecule is Cc1cc(NC(=O)c2c(C)c(C(=O)C(=O)NCc3nc(C(C)(F)F)no3)n(C)c2C)ccc1F. The first-order valence-electron chi connectivity index (χ1n) is 10.1. The predicted octanol–water partition coefficient (Wildman–Crippen LogP) is 3.34. The fourth-order valence-corrected chi connectivity index (χ4v) is 3.40. The van der Waals surface area contributed by atoms with Crippen LogP contribution in [0, 0.1) is 26.6 Å². The predicted molar refractivity (Wildman–Crippen MR) is 114 cm³/mol. The van der Waals surface area contributed by atoms with Crippen molar-refractivity contribution in [3.8, 4) is 0 Å². The highest BCUT2D eigenvalue weighted by atomic mass is 19.3. The van der Waals surface area contributed by atoms with E-state index in [1.165, 1.54) is 36.7 Å². The van der Waals surface area contributed by atoms with Crippen molar-refractivity contribution < 1.29 is 32.1 Å². The van der Waals surface area contributed by atoms with Crippen molar-refractivity contribution in [3.63, 3.8) is 0 Å². The Morgan fingerprint density at radius 2 is 1.85 bits per heavy atom. The van der Waals surface area contributed by atoms with Gasteiger partial charge >= 0.3 is 5.92 Å². The second kappa shape index (κ2) is 9.12. The summed E-state index contributed by atoms with van der Waals surface area (Å²) in [5, 5.41) is 8.04. The maximum absolute atomic E-state index is 13.5. The summed E-state index contributed by atoms with van der Waals surface area (Å²) in [4.78, 5) is 41.6.